The first kappa shape index (κ1) is 39.9. The molecule has 6 aromatic carbocycles. The van der Waals surface area contributed by atoms with E-state index in [1.165, 1.54) is 77.5 Å². The Morgan fingerprint density at radius 1 is 0.419 bits per heavy atom. The van der Waals surface area contributed by atoms with Gasteiger partial charge in [0.25, 0.3) is 0 Å². The lowest BCUT2D eigenvalue weighted by atomic mass is 9.41. The van der Waals surface area contributed by atoms with Crippen molar-refractivity contribution in [3.8, 4) is 62.5 Å². The smallest absolute Gasteiger partial charge is 0.164 e. The van der Waals surface area contributed by atoms with Gasteiger partial charge >= 0.3 is 0 Å². The van der Waals surface area contributed by atoms with Crippen molar-refractivity contribution < 1.29 is 0 Å². The molecule has 2 unspecified atom stereocenters. The fourth-order valence-electron chi connectivity index (χ4n) is 11.5. The van der Waals surface area contributed by atoms with E-state index in [0.29, 0.717) is 23.0 Å². The minimum atomic E-state index is 0.0617. The van der Waals surface area contributed by atoms with E-state index in [0.717, 1.165) is 34.1 Å². The average Bonchev–Trinajstić information content (AvgIpc) is 3.28. The summed E-state index contributed by atoms with van der Waals surface area (Å²) in [4.78, 5) is 15.2. The normalized spacial score (nSPS) is 21.8. The first-order chi connectivity index (χ1) is 29.8. The number of hydrogen-bond acceptors (Lipinski definition) is 4. The maximum absolute atomic E-state index is 9.26. The van der Waals surface area contributed by atoms with Crippen molar-refractivity contribution in [2.24, 2.45) is 11.8 Å². The SMILES string of the molecule is CC(C)(C)c1ccc(-c2nc(-c3ccc(-c4ccc(C56CC7CC(CC(c8ccc(-c9ccc(C#N)cc9)cc8)(C7)C5)C6)cc4)cc3)nc(-c3ccc(C(C)(C)C)cc3)n2)cc1. The zero-order valence-electron chi connectivity index (χ0n) is 37.0. The Kier molecular flexibility index (Phi) is 9.67. The highest BCUT2D eigenvalue weighted by atomic mass is 15.0. The van der Waals surface area contributed by atoms with Crippen molar-refractivity contribution in [1.82, 2.24) is 15.0 Å². The monoisotopic (exact) mass is 808 g/mol. The summed E-state index contributed by atoms with van der Waals surface area (Å²) in [7, 11) is 0. The Hall–Kier alpha value is -6.18. The van der Waals surface area contributed by atoms with Gasteiger partial charge in [-0.15, -0.1) is 0 Å². The predicted molar refractivity (Wildman–Crippen MR) is 254 cm³/mol. The molecule has 0 amide bonds. The summed E-state index contributed by atoms with van der Waals surface area (Å²) in [6.45, 7) is 13.4. The van der Waals surface area contributed by atoms with E-state index >= 15 is 0 Å². The summed E-state index contributed by atoms with van der Waals surface area (Å²) in [5.74, 6) is 3.59. The Morgan fingerprint density at radius 2 is 0.710 bits per heavy atom. The third-order valence-electron chi connectivity index (χ3n) is 14.5. The first-order valence-electron chi connectivity index (χ1n) is 22.6. The van der Waals surface area contributed by atoms with E-state index in [1.807, 2.05) is 12.1 Å². The average molecular weight is 809 g/mol. The van der Waals surface area contributed by atoms with E-state index < -0.39 is 0 Å². The molecule has 11 rings (SSSR count). The van der Waals surface area contributed by atoms with Gasteiger partial charge < -0.3 is 0 Å². The Labute approximate surface area is 368 Å². The van der Waals surface area contributed by atoms with Gasteiger partial charge in [0.15, 0.2) is 17.5 Å². The third-order valence-corrected chi connectivity index (χ3v) is 14.5. The molecule has 4 bridgehead atoms. The first-order valence-corrected chi connectivity index (χ1v) is 22.6. The molecule has 7 aromatic rings. The van der Waals surface area contributed by atoms with Gasteiger partial charge in [0.1, 0.15) is 0 Å². The van der Waals surface area contributed by atoms with Gasteiger partial charge in [-0.2, -0.15) is 5.26 Å². The van der Waals surface area contributed by atoms with Crippen LogP contribution in [0.3, 0.4) is 0 Å². The lowest BCUT2D eigenvalue weighted by Gasteiger charge is -2.63. The molecule has 4 aliphatic rings. The Morgan fingerprint density at radius 3 is 1.03 bits per heavy atom. The molecule has 308 valence electrons. The van der Waals surface area contributed by atoms with Crippen LogP contribution in [0.4, 0.5) is 0 Å². The zero-order chi connectivity index (χ0) is 42.9. The minimum absolute atomic E-state index is 0.0617. The van der Waals surface area contributed by atoms with Crippen LogP contribution < -0.4 is 0 Å². The lowest BCUT2D eigenvalue weighted by molar-refractivity contribution is -0.0281. The van der Waals surface area contributed by atoms with Crippen molar-refractivity contribution in [3.63, 3.8) is 0 Å². The molecule has 4 fully saturated rings. The van der Waals surface area contributed by atoms with Crippen molar-refractivity contribution in [2.45, 2.75) is 102 Å². The largest absolute Gasteiger partial charge is 0.208 e. The highest BCUT2D eigenvalue weighted by Crippen LogP contribution is 2.66. The maximum Gasteiger partial charge on any atom is 0.164 e. The van der Waals surface area contributed by atoms with E-state index in [1.54, 1.807) is 0 Å². The van der Waals surface area contributed by atoms with Crippen molar-refractivity contribution >= 4 is 0 Å². The van der Waals surface area contributed by atoms with Crippen LogP contribution in [-0.4, -0.2) is 15.0 Å². The lowest BCUT2D eigenvalue weighted by Crippen LogP contribution is -2.55. The second kappa shape index (κ2) is 15.0. The number of aromatic nitrogens is 3. The number of nitriles is 1. The molecule has 1 aromatic heterocycles. The van der Waals surface area contributed by atoms with Crippen LogP contribution in [0.2, 0.25) is 0 Å². The van der Waals surface area contributed by atoms with Gasteiger partial charge in [-0.1, -0.05) is 175 Å². The zero-order valence-corrected chi connectivity index (χ0v) is 37.0. The van der Waals surface area contributed by atoms with Gasteiger partial charge in [0.05, 0.1) is 11.6 Å². The van der Waals surface area contributed by atoms with E-state index in [4.69, 9.17) is 15.0 Å². The van der Waals surface area contributed by atoms with Crippen LogP contribution >= 0.6 is 0 Å². The van der Waals surface area contributed by atoms with Crippen LogP contribution in [-0.2, 0) is 21.7 Å². The molecule has 0 radical (unpaired) electrons. The second-order valence-electron chi connectivity index (χ2n) is 20.9. The quantitative estimate of drug-likeness (QED) is 0.161. The fraction of sp³-hybridized carbons (Fsp3) is 0.310. The summed E-state index contributed by atoms with van der Waals surface area (Å²) < 4.78 is 0. The molecule has 0 saturated heterocycles. The molecule has 0 aliphatic heterocycles. The fourth-order valence-corrected chi connectivity index (χ4v) is 11.5. The van der Waals surface area contributed by atoms with E-state index in [-0.39, 0.29) is 21.7 Å². The summed E-state index contributed by atoms with van der Waals surface area (Å²) >= 11 is 0. The Bertz CT molecular complexity index is 2690. The second-order valence-corrected chi connectivity index (χ2v) is 20.9. The van der Waals surface area contributed by atoms with Crippen molar-refractivity contribution in [2.75, 3.05) is 0 Å². The number of benzene rings is 6. The summed E-state index contributed by atoms with van der Waals surface area (Å²) in [5, 5.41) is 9.26. The summed E-state index contributed by atoms with van der Waals surface area (Å²) in [6.07, 6.45) is 7.84. The van der Waals surface area contributed by atoms with Gasteiger partial charge in [0.2, 0.25) is 0 Å². The number of rotatable bonds is 7. The van der Waals surface area contributed by atoms with Crippen LogP contribution in [0, 0.1) is 23.2 Å². The molecule has 0 spiro atoms. The molecule has 0 N–H and O–H groups in total. The number of hydrogen-bond donors (Lipinski definition) is 0. The molecule has 4 aliphatic carbocycles. The maximum atomic E-state index is 9.26. The number of nitrogens with zero attached hydrogens (tertiary/aromatic N) is 4. The van der Waals surface area contributed by atoms with Crippen molar-refractivity contribution in [3.05, 3.63) is 173 Å². The molecule has 4 saturated carbocycles. The standard InChI is InChI=1S/C58H56N4/c1-55(2,3)48-23-19-46(20-24-48)53-60-52(61-54(62-53)47-21-25-49(26-22-47)56(4,5)6)45-13-11-42(12-14-45)44-17-29-51(30-18-44)58-34-39-31-40(35-58)33-57(32-39,37-58)50-27-15-43(16-28-50)41-9-7-38(36-59)8-10-41/h7-30,39-40H,31-35,37H2,1-6H3. The highest BCUT2D eigenvalue weighted by Gasteiger charge is 2.58. The predicted octanol–water partition coefficient (Wildman–Crippen LogP) is 14.5. The van der Waals surface area contributed by atoms with Gasteiger partial charge in [-0.3, -0.25) is 0 Å². The molecular formula is C58H56N4. The van der Waals surface area contributed by atoms with E-state index in [9.17, 15) is 5.26 Å². The third kappa shape index (κ3) is 7.47. The topological polar surface area (TPSA) is 62.5 Å². The summed E-state index contributed by atoms with van der Waals surface area (Å²) in [5.41, 5.74) is 14.6. The molecular weight excluding hydrogens is 753 g/mol. The molecule has 1 heterocycles. The van der Waals surface area contributed by atoms with Crippen LogP contribution in [0.25, 0.3) is 56.4 Å². The van der Waals surface area contributed by atoms with Crippen molar-refractivity contribution in [1.29, 1.82) is 5.26 Å². The van der Waals surface area contributed by atoms with Gasteiger partial charge in [0, 0.05) is 16.7 Å². The van der Waals surface area contributed by atoms with Crippen LogP contribution in [0.5, 0.6) is 0 Å². The highest BCUT2D eigenvalue weighted by molar-refractivity contribution is 5.71. The van der Waals surface area contributed by atoms with Crippen LogP contribution in [0.15, 0.2) is 146 Å². The van der Waals surface area contributed by atoms with Gasteiger partial charge in [-0.25, -0.2) is 15.0 Å². The molecule has 62 heavy (non-hydrogen) atoms. The van der Waals surface area contributed by atoms with Crippen LogP contribution in [0.1, 0.15) is 108 Å². The molecule has 2 atom stereocenters. The molecule has 4 nitrogen and oxygen atoms in total. The molecule has 4 heteroatoms. The van der Waals surface area contributed by atoms with E-state index in [2.05, 4.69) is 181 Å². The van der Waals surface area contributed by atoms with Gasteiger partial charge in [-0.05, 0) is 129 Å². The minimum Gasteiger partial charge on any atom is -0.208 e. The Balaban J connectivity index is 0.916. The summed E-state index contributed by atoms with van der Waals surface area (Å²) in [6, 6.07) is 55.3.